The second-order valence-corrected chi connectivity index (χ2v) is 8.70. The van der Waals surface area contributed by atoms with Gasteiger partial charge >= 0.3 is 0 Å². The molecule has 158 valence electrons. The van der Waals surface area contributed by atoms with E-state index < -0.39 is 6.10 Å². The van der Waals surface area contributed by atoms with Crippen LogP contribution in [0, 0.1) is 5.92 Å². The van der Waals surface area contributed by atoms with Crippen LogP contribution in [-0.2, 0) is 5.41 Å². The predicted octanol–water partition coefficient (Wildman–Crippen LogP) is 5.16. The summed E-state index contributed by atoms with van der Waals surface area (Å²) in [6.07, 6.45) is 4.84. The normalized spacial score (nSPS) is 19.0. The Morgan fingerprint density at radius 3 is 2.70 bits per heavy atom. The zero-order valence-corrected chi connectivity index (χ0v) is 17.3. The topological polar surface area (TPSA) is 72.1 Å². The van der Waals surface area contributed by atoms with Crippen molar-refractivity contribution in [1.29, 1.82) is 0 Å². The molecule has 1 fully saturated rings. The standard InChI is InChI=1S/C25H28O5/c1-16(14-26)20(27)15-28-17-9-10-22-19(13-17)25(11-5-2-6-12-25)24-23(29-22)18-7-3-4-8-21(18)30-24/h3-4,7-10,13,16,20,26-27H,2,5-6,11-12,14-15H2,1H3. The average Bonchev–Trinajstić information content (AvgIpc) is 3.17. The number of furan rings is 1. The van der Waals surface area contributed by atoms with Crippen molar-refractivity contribution in [1.82, 2.24) is 0 Å². The van der Waals surface area contributed by atoms with E-state index in [1.54, 1.807) is 6.92 Å². The summed E-state index contributed by atoms with van der Waals surface area (Å²) < 4.78 is 18.6. The summed E-state index contributed by atoms with van der Waals surface area (Å²) in [4.78, 5) is 0. The van der Waals surface area contributed by atoms with Crippen molar-refractivity contribution >= 4 is 11.0 Å². The number of aliphatic hydroxyl groups is 2. The molecule has 2 unspecified atom stereocenters. The van der Waals surface area contributed by atoms with E-state index in [1.807, 2.05) is 36.4 Å². The molecule has 5 heteroatoms. The van der Waals surface area contributed by atoms with Gasteiger partial charge in [-0.2, -0.15) is 0 Å². The first-order valence-electron chi connectivity index (χ1n) is 10.9. The van der Waals surface area contributed by atoms with Crippen molar-refractivity contribution in [2.45, 2.75) is 50.5 Å². The average molecular weight is 408 g/mol. The summed E-state index contributed by atoms with van der Waals surface area (Å²) in [6, 6.07) is 14.0. The second kappa shape index (κ2) is 7.64. The zero-order chi connectivity index (χ0) is 20.7. The van der Waals surface area contributed by atoms with Crippen molar-refractivity contribution in [2.24, 2.45) is 5.92 Å². The monoisotopic (exact) mass is 408 g/mol. The molecule has 0 saturated heterocycles. The molecule has 1 spiro atoms. The molecule has 0 amide bonds. The van der Waals surface area contributed by atoms with Gasteiger partial charge in [0.15, 0.2) is 11.5 Å². The molecule has 30 heavy (non-hydrogen) atoms. The van der Waals surface area contributed by atoms with Crippen LogP contribution >= 0.6 is 0 Å². The van der Waals surface area contributed by atoms with E-state index in [-0.39, 0.29) is 24.5 Å². The van der Waals surface area contributed by atoms with Crippen LogP contribution in [-0.4, -0.2) is 29.5 Å². The van der Waals surface area contributed by atoms with Crippen LogP contribution < -0.4 is 9.47 Å². The van der Waals surface area contributed by atoms with Crippen molar-refractivity contribution in [3.8, 4) is 17.2 Å². The number of aliphatic hydroxyl groups excluding tert-OH is 2. The van der Waals surface area contributed by atoms with Gasteiger partial charge in [0.2, 0.25) is 0 Å². The Labute approximate surface area is 176 Å². The minimum atomic E-state index is -0.715. The highest BCUT2D eigenvalue weighted by atomic mass is 16.5. The lowest BCUT2D eigenvalue weighted by Gasteiger charge is -2.40. The van der Waals surface area contributed by atoms with Gasteiger partial charge in [0.25, 0.3) is 0 Å². The fraction of sp³-hybridized carbons (Fsp3) is 0.440. The van der Waals surface area contributed by atoms with E-state index in [2.05, 4.69) is 6.07 Å². The number of rotatable bonds is 5. The molecular formula is C25H28O5. The molecule has 0 radical (unpaired) electrons. The number of benzene rings is 2. The van der Waals surface area contributed by atoms with Crippen molar-refractivity contribution < 1.29 is 24.1 Å². The summed E-state index contributed by atoms with van der Waals surface area (Å²) >= 11 is 0. The van der Waals surface area contributed by atoms with Crippen molar-refractivity contribution in [3.05, 3.63) is 53.8 Å². The third-order valence-electron chi connectivity index (χ3n) is 6.74. The molecule has 5 rings (SSSR count). The van der Waals surface area contributed by atoms with E-state index in [0.29, 0.717) is 5.75 Å². The van der Waals surface area contributed by atoms with Gasteiger partial charge in [-0.3, -0.25) is 0 Å². The van der Waals surface area contributed by atoms with Crippen LogP contribution in [0.2, 0.25) is 0 Å². The Kier molecular flexibility index (Phi) is 4.95. The van der Waals surface area contributed by atoms with Gasteiger partial charge in [0.05, 0.1) is 16.9 Å². The third-order valence-corrected chi connectivity index (χ3v) is 6.74. The SMILES string of the molecule is CC(CO)C(O)COc1ccc2c(c1)C1(CCCCC1)c1oc3ccccc3c1O2. The Hall–Kier alpha value is -2.50. The van der Waals surface area contributed by atoms with Crippen LogP contribution in [0.15, 0.2) is 46.9 Å². The summed E-state index contributed by atoms with van der Waals surface area (Å²) in [6.45, 7) is 1.87. The molecule has 1 aromatic heterocycles. The van der Waals surface area contributed by atoms with Crippen LogP contribution in [0.3, 0.4) is 0 Å². The fourth-order valence-electron chi connectivity index (χ4n) is 4.85. The lowest BCUT2D eigenvalue weighted by Crippen LogP contribution is -2.33. The molecule has 2 aromatic carbocycles. The molecule has 2 aliphatic rings. The van der Waals surface area contributed by atoms with Gasteiger partial charge in [0.1, 0.15) is 23.7 Å². The van der Waals surface area contributed by atoms with Gasteiger partial charge in [-0.15, -0.1) is 0 Å². The van der Waals surface area contributed by atoms with Gasteiger partial charge in [-0.1, -0.05) is 38.3 Å². The molecule has 3 aromatic rings. The maximum absolute atomic E-state index is 10.1. The zero-order valence-electron chi connectivity index (χ0n) is 17.3. The second-order valence-electron chi connectivity index (χ2n) is 8.70. The lowest BCUT2D eigenvalue weighted by atomic mass is 9.66. The Morgan fingerprint density at radius 1 is 1.10 bits per heavy atom. The van der Waals surface area contributed by atoms with E-state index in [1.165, 1.54) is 6.42 Å². The van der Waals surface area contributed by atoms with Crippen molar-refractivity contribution in [2.75, 3.05) is 13.2 Å². The number of fused-ring (bicyclic) bond motifs is 6. The van der Waals surface area contributed by atoms with Crippen LogP contribution in [0.4, 0.5) is 0 Å². The first kappa shape index (κ1) is 19.5. The highest BCUT2D eigenvalue weighted by Gasteiger charge is 2.47. The largest absolute Gasteiger partial charge is 0.491 e. The molecule has 5 nitrogen and oxygen atoms in total. The molecule has 2 N–H and O–H groups in total. The van der Waals surface area contributed by atoms with Gasteiger partial charge < -0.3 is 24.1 Å². The maximum atomic E-state index is 10.1. The molecule has 1 aliphatic heterocycles. The predicted molar refractivity (Wildman–Crippen MR) is 114 cm³/mol. The fourth-order valence-corrected chi connectivity index (χ4v) is 4.85. The quantitative estimate of drug-likeness (QED) is 0.610. The molecule has 1 saturated carbocycles. The maximum Gasteiger partial charge on any atom is 0.177 e. The van der Waals surface area contributed by atoms with E-state index >= 15 is 0 Å². The molecule has 0 bridgehead atoms. The summed E-state index contributed by atoms with van der Waals surface area (Å²) in [5.41, 5.74) is 1.75. The van der Waals surface area contributed by atoms with E-state index in [9.17, 15) is 10.2 Å². The minimum absolute atomic E-state index is 0.0690. The first-order valence-corrected chi connectivity index (χ1v) is 10.9. The number of hydrogen-bond donors (Lipinski definition) is 2. The smallest absolute Gasteiger partial charge is 0.177 e. The molecular weight excluding hydrogens is 380 g/mol. The highest BCUT2D eigenvalue weighted by Crippen LogP contribution is 2.58. The van der Waals surface area contributed by atoms with Crippen LogP contribution in [0.5, 0.6) is 17.2 Å². The van der Waals surface area contributed by atoms with Gasteiger partial charge in [-0.25, -0.2) is 0 Å². The number of para-hydroxylation sites is 1. The van der Waals surface area contributed by atoms with Crippen LogP contribution in [0.25, 0.3) is 11.0 Å². The Bertz CT molecular complexity index is 1050. The first-order chi connectivity index (χ1) is 14.6. The number of ether oxygens (including phenoxy) is 2. The Morgan fingerprint density at radius 2 is 1.90 bits per heavy atom. The van der Waals surface area contributed by atoms with E-state index in [0.717, 1.165) is 59.5 Å². The third kappa shape index (κ3) is 3.08. The molecule has 2 atom stereocenters. The Balaban J connectivity index is 1.55. The summed E-state index contributed by atoms with van der Waals surface area (Å²) in [7, 11) is 0. The van der Waals surface area contributed by atoms with E-state index in [4.69, 9.17) is 13.9 Å². The summed E-state index contributed by atoms with van der Waals surface area (Å²) in [5, 5.41) is 20.4. The lowest BCUT2D eigenvalue weighted by molar-refractivity contribution is 0.0384. The number of hydrogen-bond acceptors (Lipinski definition) is 5. The van der Waals surface area contributed by atoms with Crippen LogP contribution in [0.1, 0.15) is 50.4 Å². The van der Waals surface area contributed by atoms with Crippen molar-refractivity contribution in [3.63, 3.8) is 0 Å². The minimum Gasteiger partial charge on any atom is -0.491 e. The molecule has 1 aliphatic carbocycles. The molecule has 2 heterocycles. The summed E-state index contributed by atoms with van der Waals surface area (Å²) in [5.74, 6) is 3.11. The highest BCUT2D eigenvalue weighted by molar-refractivity contribution is 5.87. The van der Waals surface area contributed by atoms with Gasteiger partial charge in [-0.05, 0) is 43.2 Å². The van der Waals surface area contributed by atoms with Gasteiger partial charge in [0, 0.05) is 18.1 Å².